The van der Waals surface area contributed by atoms with E-state index in [1.807, 2.05) is 6.07 Å². The molecule has 7 nitrogen and oxygen atoms in total. The van der Waals surface area contributed by atoms with E-state index >= 15 is 0 Å². The SMILES string of the molecule is COCC1(C(=O)O)CCCN1S(=O)(=O)c1ccccc1C#N. The molecule has 0 bridgehead atoms. The number of nitriles is 1. The summed E-state index contributed by atoms with van der Waals surface area (Å²) in [5.74, 6) is -1.25. The Morgan fingerprint density at radius 3 is 2.77 bits per heavy atom. The van der Waals surface area contributed by atoms with Gasteiger partial charge < -0.3 is 9.84 Å². The first-order valence-electron chi connectivity index (χ1n) is 6.64. The number of rotatable bonds is 5. The van der Waals surface area contributed by atoms with E-state index in [1.54, 1.807) is 6.07 Å². The van der Waals surface area contributed by atoms with E-state index in [2.05, 4.69) is 0 Å². The zero-order chi connectivity index (χ0) is 16.4. The van der Waals surface area contributed by atoms with Crippen LogP contribution in [0.4, 0.5) is 0 Å². The number of nitrogens with zero attached hydrogens (tertiary/aromatic N) is 2. The van der Waals surface area contributed by atoms with E-state index in [0.717, 1.165) is 4.31 Å². The summed E-state index contributed by atoms with van der Waals surface area (Å²) >= 11 is 0. The summed E-state index contributed by atoms with van der Waals surface area (Å²) in [5, 5.41) is 18.6. The van der Waals surface area contributed by atoms with Crippen LogP contribution in [0.1, 0.15) is 18.4 Å². The van der Waals surface area contributed by atoms with Gasteiger partial charge in [0, 0.05) is 13.7 Å². The highest BCUT2D eigenvalue weighted by Crippen LogP contribution is 2.36. The molecule has 1 aliphatic heterocycles. The summed E-state index contributed by atoms with van der Waals surface area (Å²) in [7, 11) is -2.78. The Labute approximate surface area is 128 Å². The minimum absolute atomic E-state index is 0.00824. The molecule has 0 saturated carbocycles. The van der Waals surface area contributed by atoms with Gasteiger partial charge in [0.05, 0.1) is 17.1 Å². The number of hydrogen-bond acceptors (Lipinski definition) is 5. The summed E-state index contributed by atoms with van der Waals surface area (Å²) in [6.07, 6.45) is 0.591. The van der Waals surface area contributed by atoms with E-state index in [1.165, 1.54) is 25.3 Å². The van der Waals surface area contributed by atoms with Crippen LogP contribution in [-0.2, 0) is 19.6 Å². The molecule has 1 saturated heterocycles. The topological polar surface area (TPSA) is 108 Å². The zero-order valence-corrected chi connectivity index (χ0v) is 12.8. The van der Waals surface area contributed by atoms with Gasteiger partial charge in [-0.2, -0.15) is 9.57 Å². The number of aliphatic carboxylic acids is 1. The molecule has 1 atom stereocenters. The molecular weight excluding hydrogens is 308 g/mol. The number of methoxy groups -OCH3 is 1. The number of sulfonamides is 1. The second kappa shape index (κ2) is 6.04. The van der Waals surface area contributed by atoms with Crippen molar-refractivity contribution in [1.29, 1.82) is 5.26 Å². The highest BCUT2D eigenvalue weighted by Gasteiger charge is 2.53. The Hall–Kier alpha value is -1.95. The van der Waals surface area contributed by atoms with Crippen molar-refractivity contribution in [3.63, 3.8) is 0 Å². The molecule has 1 N–H and O–H groups in total. The largest absolute Gasteiger partial charge is 0.480 e. The summed E-state index contributed by atoms with van der Waals surface area (Å²) < 4.78 is 31.6. The van der Waals surface area contributed by atoms with Crippen LogP contribution in [0.25, 0.3) is 0 Å². The van der Waals surface area contributed by atoms with Crippen molar-refractivity contribution in [3.8, 4) is 6.07 Å². The molecule has 0 radical (unpaired) electrons. The second-order valence-corrected chi connectivity index (χ2v) is 6.89. The van der Waals surface area contributed by atoms with Crippen LogP contribution in [-0.4, -0.2) is 49.6 Å². The molecule has 0 aliphatic carbocycles. The van der Waals surface area contributed by atoms with Crippen LogP contribution >= 0.6 is 0 Å². The summed E-state index contributed by atoms with van der Waals surface area (Å²) in [6.45, 7) is -0.159. The van der Waals surface area contributed by atoms with Gasteiger partial charge in [-0.3, -0.25) is 4.79 Å². The fraction of sp³-hybridized carbons (Fsp3) is 0.429. The van der Waals surface area contributed by atoms with Crippen molar-refractivity contribution in [2.45, 2.75) is 23.3 Å². The van der Waals surface area contributed by atoms with E-state index in [-0.39, 0.29) is 30.0 Å². The molecule has 1 aromatic rings. The highest BCUT2D eigenvalue weighted by molar-refractivity contribution is 7.89. The van der Waals surface area contributed by atoms with Gasteiger partial charge in [0.2, 0.25) is 10.0 Å². The second-order valence-electron chi connectivity index (χ2n) is 5.06. The maximum atomic E-state index is 12.9. The molecule has 8 heteroatoms. The standard InChI is InChI=1S/C14H16N2O5S/c1-21-10-14(13(17)18)7-4-8-16(14)22(19,20)12-6-3-2-5-11(12)9-15/h2-3,5-6H,4,7-8,10H2,1H3,(H,17,18). The average Bonchev–Trinajstić information content (AvgIpc) is 2.93. The number of carboxylic acid groups (broad SMARTS) is 1. The van der Waals surface area contributed by atoms with Gasteiger partial charge in [-0.1, -0.05) is 12.1 Å². The predicted octanol–water partition coefficient (Wildman–Crippen LogP) is 0.813. The van der Waals surface area contributed by atoms with Crippen molar-refractivity contribution in [2.24, 2.45) is 0 Å². The van der Waals surface area contributed by atoms with E-state index in [9.17, 15) is 18.3 Å². The maximum Gasteiger partial charge on any atom is 0.327 e. The van der Waals surface area contributed by atoms with Gasteiger partial charge in [0.15, 0.2) is 5.54 Å². The van der Waals surface area contributed by atoms with Crippen molar-refractivity contribution in [1.82, 2.24) is 4.31 Å². The Bertz CT molecular complexity index is 725. The lowest BCUT2D eigenvalue weighted by molar-refractivity contribution is -0.150. The third-order valence-corrected chi connectivity index (χ3v) is 5.81. The molecule has 118 valence electrons. The van der Waals surface area contributed by atoms with Gasteiger partial charge in [-0.05, 0) is 25.0 Å². The average molecular weight is 324 g/mol. The normalized spacial score (nSPS) is 22.4. The van der Waals surface area contributed by atoms with Gasteiger partial charge in [0.1, 0.15) is 6.07 Å². The van der Waals surface area contributed by atoms with Crippen LogP contribution in [0.2, 0.25) is 0 Å². The van der Waals surface area contributed by atoms with Gasteiger partial charge >= 0.3 is 5.97 Å². The van der Waals surface area contributed by atoms with Gasteiger partial charge in [-0.15, -0.1) is 0 Å². The predicted molar refractivity (Wildman–Crippen MR) is 76.5 cm³/mol. The van der Waals surface area contributed by atoms with Crippen LogP contribution in [0, 0.1) is 11.3 Å². The smallest absolute Gasteiger partial charge is 0.327 e. The van der Waals surface area contributed by atoms with Gasteiger partial charge in [0.25, 0.3) is 0 Å². The fourth-order valence-corrected chi connectivity index (χ4v) is 4.70. The Morgan fingerprint density at radius 1 is 1.50 bits per heavy atom. The monoisotopic (exact) mass is 324 g/mol. The number of carbonyl (C=O) groups is 1. The minimum Gasteiger partial charge on any atom is -0.480 e. The fourth-order valence-electron chi connectivity index (χ4n) is 2.77. The van der Waals surface area contributed by atoms with Crippen molar-refractivity contribution >= 4 is 16.0 Å². The van der Waals surface area contributed by atoms with Crippen LogP contribution < -0.4 is 0 Å². The molecular formula is C14H16N2O5S. The van der Waals surface area contributed by atoms with E-state index in [0.29, 0.717) is 6.42 Å². The van der Waals surface area contributed by atoms with Crippen LogP contribution in [0.15, 0.2) is 29.2 Å². The summed E-state index contributed by atoms with van der Waals surface area (Å²) in [4.78, 5) is 11.5. The lowest BCUT2D eigenvalue weighted by Crippen LogP contribution is -2.56. The molecule has 1 aromatic carbocycles. The van der Waals surface area contributed by atoms with E-state index < -0.39 is 21.5 Å². The maximum absolute atomic E-state index is 12.9. The van der Waals surface area contributed by atoms with Crippen molar-refractivity contribution in [3.05, 3.63) is 29.8 Å². The molecule has 1 aliphatic rings. The first kappa shape index (κ1) is 16.4. The first-order valence-corrected chi connectivity index (χ1v) is 8.08. The Kier molecular flexibility index (Phi) is 4.51. The molecule has 2 rings (SSSR count). The molecule has 0 amide bonds. The lowest BCUT2D eigenvalue weighted by atomic mass is 9.99. The summed E-state index contributed by atoms with van der Waals surface area (Å²) in [5.41, 5.74) is -1.64. The number of hydrogen-bond donors (Lipinski definition) is 1. The molecule has 1 unspecified atom stereocenters. The Balaban J connectivity index is 2.57. The molecule has 1 heterocycles. The Morgan fingerprint density at radius 2 is 2.18 bits per heavy atom. The quantitative estimate of drug-likeness (QED) is 0.859. The number of carboxylic acids is 1. The third kappa shape index (κ3) is 2.47. The highest BCUT2D eigenvalue weighted by atomic mass is 32.2. The zero-order valence-electron chi connectivity index (χ0n) is 12.0. The van der Waals surface area contributed by atoms with E-state index in [4.69, 9.17) is 10.00 Å². The third-order valence-electron chi connectivity index (χ3n) is 3.79. The van der Waals surface area contributed by atoms with Crippen molar-refractivity contribution < 1.29 is 23.1 Å². The van der Waals surface area contributed by atoms with Crippen LogP contribution in [0.5, 0.6) is 0 Å². The molecule has 1 fully saturated rings. The molecule has 0 aromatic heterocycles. The molecule has 22 heavy (non-hydrogen) atoms. The number of ether oxygens (including phenoxy) is 1. The van der Waals surface area contributed by atoms with Crippen molar-refractivity contribution in [2.75, 3.05) is 20.3 Å². The first-order chi connectivity index (χ1) is 10.4. The number of benzene rings is 1. The molecule has 0 spiro atoms. The summed E-state index contributed by atoms with van der Waals surface area (Å²) in [6, 6.07) is 7.59. The van der Waals surface area contributed by atoms with Gasteiger partial charge in [-0.25, -0.2) is 8.42 Å². The lowest BCUT2D eigenvalue weighted by Gasteiger charge is -2.33. The van der Waals surface area contributed by atoms with Crippen LogP contribution in [0.3, 0.4) is 0 Å². The minimum atomic E-state index is -4.11.